The van der Waals surface area contributed by atoms with Gasteiger partial charge in [-0.25, -0.2) is 0 Å². The molecule has 0 aromatic carbocycles. The minimum absolute atomic E-state index is 0.179. The van der Waals surface area contributed by atoms with Crippen LogP contribution in [-0.4, -0.2) is 6.04 Å². The number of nitrogens with two attached hydrogens (primary N) is 2. The van der Waals surface area contributed by atoms with Crippen LogP contribution in [0.1, 0.15) is 27.2 Å². The van der Waals surface area contributed by atoms with Crippen molar-refractivity contribution >= 4 is 0 Å². The van der Waals surface area contributed by atoms with Gasteiger partial charge in [0.25, 0.3) is 0 Å². The fourth-order valence-electron chi connectivity index (χ4n) is 1.14. The van der Waals surface area contributed by atoms with Crippen LogP contribution in [0, 0.1) is 0 Å². The molecule has 0 aromatic rings. The van der Waals surface area contributed by atoms with Crippen LogP contribution in [0.25, 0.3) is 0 Å². The van der Waals surface area contributed by atoms with Gasteiger partial charge in [0.2, 0.25) is 0 Å². The molecule has 0 bridgehead atoms. The van der Waals surface area contributed by atoms with E-state index in [9.17, 15) is 0 Å². The smallest absolute Gasteiger partial charge is 0.143 e. The quantitative estimate of drug-likeness (QED) is 0.381. The minimum atomic E-state index is -0.179. The molecule has 0 radical (unpaired) electrons. The summed E-state index contributed by atoms with van der Waals surface area (Å²) in [5.74, 6) is 5.74. The monoisotopic (exact) mass is 170 g/mol. The van der Waals surface area contributed by atoms with Crippen LogP contribution in [0.15, 0.2) is 23.5 Å². The van der Waals surface area contributed by atoms with Crippen molar-refractivity contribution in [1.82, 2.24) is 0 Å². The summed E-state index contributed by atoms with van der Waals surface area (Å²) in [6.07, 6.45) is 0.837. The highest BCUT2D eigenvalue weighted by Gasteiger charge is 2.11. The van der Waals surface area contributed by atoms with Gasteiger partial charge in [0.05, 0.1) is 6.04 Å². The number of hydrogen-bond acceptors (Lipinski definition) is 3. The third-order valence-corrected chi connectivity index (χ3v) is 1.71. The van der Waals surface area contributed by atoms with Crippen molar-refractivity contribution in [3.63, 3.8) is 0 Å². The van der Waals surface area contributed by atoms with Crippen molar-refractivity contribution in [2.24, 2.45) is 11.6 Å². The summed E-state index contributed by atoms with van der Waals surface area (Å²) >= 11 is 0. The Kier molecular flexibility index (Phi) is 4.62. The van der Waals surface area contributed by atoms with Gasteiger partial charge in [-0.15, -0.1) is 0 Å². The minimum Gasteiger partial charge on any atom is -0.414 e. The van der Waals surface area contributed by atoms with Gasteiger partial charge in [-0.05, 0) is 25.8 Å². The first-order chi connectivity index (χ1) is 5.54. The zero-order chi connectivity index (χ0) is 9.72. The van der Waals surface area contributed by atoms with E-state index in [4.69, 9.17) is 16.5 Å². The Morgan fingerprint density at radius 2 is 2.08 bits per heavy atom. The van der Waals surface area contributed by atoms with Crippen molar-refractivity contribution in [2.45, 2.75) is 33.2 Å². The SMILES string of the molecule is C=C(C)/C(CC)=C(\ON)[C@@H](C)N. The normalized spacial score (nSPS) is 15.1. The second kappa shape index (κ2) is 4.95. The number of allylic oxidation sites excluding steroid dienone is 2. The van der Waals surface area contributed by atoms with Gasteiger partial charge in [0, 0.05) is 0 Å². The maximum Gasteiger partial charge on any atom is 0.143 e. The molecule has 0 amide bonds. The zero-order valence-corrected chi connectivity index (χ0v) is 8.05. The third-order valence-electron chi connectivity index (χ3n) is 1.71. The van der Waals surface area contributed by atoms with Gasteiger partial charge in [0.15, 0.2) is 0 Å². The molecular weight excluding hydrogens is 152 g/mol. The van der Waals surface area contributed by atoms with Crippen molar-refractivity contribution in [2.75, 3.05) is 0 Å². The number of rotatable bonds is 4. The molecule has 0 aliphatic rings. The van der Waals surface area contributed by atoms with Crippen molar-refractivity contribution in [3.8, 4) is 0 Å². The predicted molar refractivity (Wildman–Crippen MR) is 51.1 cm³/mol. The van der Waals surface area contributed by atoms with Gasteiger partial charge in [-0.1, -0.05) is 19.1 Å². The first-order valence-corrected chi connectivity index (χ1v) is 4.05. The first-order valence-electron chi connectivity index (χ1n) is 4.05. The van der Waals surface area contributed by atoms with E-state index in [1.165, 1.54) is 0 Å². The summed E-state index contributed by atoms with van der Waals surface area (Å²) in [7, 11) is 0. The van der Waals surface area contributed by atoms with E-state index >= 15 is 0 Å². The highest BCUT2D eigenvalue weighted by molar-refractivity contribution is 5.30. The van der Waals surface area contributed by atoms with Crippen LogP contribution in [0.4, 0.5) is 0 Å². The summed E-state index contributed by atoms with van der Waals surface area (Å²) in [4.78, 5) is 4.72. The van der Waals surface area contributed by atoms with Gasteiger partial charge < -0.3 is 10.6 Å². The Morgan fingerprint density at radius 1 is 1.58 bits per heavy atom. The molecular formula is C9H18N2O. The van der Waals surface area contributed by atoms with Crippen molar-refractivity contribution < 1.29 is 4.84 Å². The molecule has 0 saturated carbocycles. The molecule has 3 nitrogen and oxygen atoms in total. The second-order valence-corrected chi connectivity index (χ2v) is 2.88. The van der Waals surface area contributed by atoms with E-state index < -0.39 is 0 Å². The zero-order valence-electron chi connectivity index (χ0n) is 8.05. The summed E-state index contributed by atoms with van der Waals surface area (Å²) in [6, 6.07) is -0.179. The largest absolute Gasteiger partial charge is 0.414 e. The molecule has 0 saturated heterocycles. The fraction of sp³-hybridized carbons (Fsp3) is 0.556. The van der Waals surface area contributed by atoms with Crippen LogP contribution in [0.2, 0.25) is 0 Å². The Morgan fingerprint density at radius 3 is 2.17 bits per heavy atom. The van der Waals surface area contributed by atoms with Crippen molar-refractivity contribution in [3.05, 3.63) is 23.5 Å². The lowest BCUT2D eigenvalue weighted by molar-refractivity contribution is 0.199. The van der Waals surface area contributed by atoms with Crippen LogP contribution in [-0.2, 0) is 4.84 Å². The Hall–Kier alpha value is -0.800. The molecule has 0 aliphatic carbocycles. The lowest BCUT2D eigenvalue weighted by atomic mass is 10.0. The molecule has 0 rings (SSSR count). The Bertz CT molecular complexity index is 195. The van der Waals surface area contributed by atoms with Crippen LogP contribution in [0.3, 0.4) is 0 Å². The lowest BCUT2D eigenvalue weighted by Gasteiger charge is -2.14. The summed E-state index contributed by atoms with van der Waals surface area (Å²) in [5.41, 5.74) is 7.62. The lowest BCUT2D eigenvalue weighted by Crippen LogP contribution is -2.23. The van der Waals surface area contributed by atoms with Crippen LogP contribution < -0.4 is 11.6 Å². The molecule has 0 aliphatic heterocycles. The molecule has 12 heavy (non-hydrogen) atoms. The van der Waals surface area contributed by atoms with Crippen molar-refractivity contribution in [1.29, 1.82) is 0 Å². The first kappa shape index (κ1) is 11.2. The maximum atomic E-state index is 5.66. The molecule has 1 atom stereocenters. The van der Waals surface area contributed by atoms with E-state index in [0.717, 1.165) is 17.6 Å². The van der Waals surface area contributed by atoms with Crippen LogP contribution >= 0.6 is 0 Å². The summed E-state index contributed by atoms with van der Waals surface area (Å²) < 4.78 is 0. The van der Waals surface area contributed by atoms with E-state index in [0.29, 0.717) is 5.76 Å². The topological polar surface area (TPSA) is 61.3 Å². The predicted octanol–water partition coefficient (Wildman–Crippen LogP) is 1.46. The van der Waals surface area contributed by atoms with Crippen LogP contribution in [0.5, 0.6) is 0 Å². The fourth-order valence-corrected chi connectivity index (χ4v) is 1.14. The molecule has 0 spiro atoms. The summed E-state index contributed by atoms with van der Waals surface area (Å²) in [5, 5.41) is 0. The average Bonchev–Trinajstić information content (AvgIpc) is 1.98. The molecule has 0 aromatic heterocycles. The second-order valence-electron chi connectivity index (χ2n) is 2.88. The number of hydrogen-bond donors (Lipinski definition) is 2. The Balaban J connectivity index is 4.87. The molecule has 3 heteroatoms. The molecule has 0 fully saturated rings. The third kappa shape index (κ3) is 2.68. The molecule has 4 N–H and O–H groups in total. The average molecular weight is 170 g/mol. The van der Waals surface area contributed by atoms with E-state index in [1.54, 1.807) is 0 Å². The van der Waals surface area contributed by atoms with Gasteiger partial charge in [-0.3, -0.25) is 0 Å². The molecule has 70 valence electrons. The molecule has 0 unspecified atom stereocenters. The van der Waals surface area contributed by atoms with E-state index in [1.807, 2.05) is 20.8 Å². The Labute approximate surface area is 74.0 Å². The van der Waals surface area contributed by atoms with Gasteiger partial charge >= 0.3 is 0 Å². The van der Waals surface area contributed by atoms with E-state index in [-0.39, 0.29) is 6.04 Å². The van der Waals surface area contributed by atoms with Gasteiger partial charge in [-0.2, -0.15) is 5.90 Å². The highest BCUT2D eigenvalue weighted by atomic mass is 16.6. The standard InChI is InChI=1S/C9H18N2O/c1-5-8(6(2)3)9(12-11)7(4)10/h7H,2,5,10-11H2,1,3-4H3/b9-8-/t7-/m1/s1. The maximum absolute atomic E-state index is 5.66. The van der Waals surface area contributed by atoms with E-state index in [2.05, 4.69) is 6.58 Å². The van der Waals surface area contributed by atoms with Gasteiger partial charge in [0.1, 0.15) is 5.76 Å². The summed E-state index contributed by atoms with van der Waals surface area (Å²) in [6.45, 7) is 9.60. The molecule has 0 heterocycles. The highest BCUT2D eigenvalue weighted by Crippen LogP contribution is 2.18.